The molecule has 1 unspecified atom stereocenters. The van der Waals surface area contributed by atoms with Crippen molar-refractivity contribution in [3.05, 3.63) is 29.3 Å². The van der Waals surface area contributed by atoms with Gasteiger partial charge in [-0.1, -0.05) is 30.0 Å². The number of nitrogens with zero attached hydrogens (tertiary/aromatic N) is 1. The number of aryl methyl sites for hydroxylation is 2. The van der Waals surface area contributed by atoms with Crippen LogP contribution in [0.4, 0.5) is 5.69 Å². The monoisotopic (exact) mass is 250 g/mol. The second kappa shape index (κ2) is 4.89. The van der Waals surface area contributed by atoms with Gasteiger partial charge in [0.1, 0.15) is 6.10 Å². The van der Waals surface area contributed by atoms with E-state index in [0.29, 0.717) is 10.9 Å². The van der Waals surface area contributed by atoms with Gasteiger partial charge in [0.2, 0.25) is 0 Å². The molecule has 1 amide bonds. The normalized spacial score (nSPS) is 22.6. The van der Waals surface area contributed by atoms with Crippen LogP contribution < -0.4 is 5.32 Å². The number of nitrogens with one attached hydrogen (secondary N) is 1. The van der Waals surface area contributed by atoms with Gasteiger partial charge in [-0.25, -0.2) is 4.99 Å². The molecule has 90 valence electrons. The molecule has 1 heterocycles. The molecule has 0 spiro atoms. The summed E-state index contributed by atoms with van der Waals surface area (Å²) < 4.78 is 0. The zero-order chi connectivity index (χ0) is 12.4. The number of thioether (sulfide) groups is 1. The molecule has 1 atom stereocenters. The number of carbonyl (C=O) groups is 1. The van der Waals surface area contributed by atoms with Crippen LogP contribution in [0.1, 0.15) is 11.1 Å². The molecule has 0 aliphatic carbocycles. The topological polar surface area (TPSA) is 61.7 Å². The zero-order valence-electron chi connectivity index (χ0n) is 9.73. The van der Waals surface area contributed by atoms with Crippen LogP contribution in [0, 0.1) is 13.8 Å². The van der Waals surface area contributed by atoms with E-state index in [9.17, 15) is 9.90 Å². The molecule has 4 nitrogen and oxygen atoms in total. The lowest BCUT2D eigenvalue weighted by Crippen LogP contribution is -2.43. The highest BCUT2D eigenvalue weighted by atomic mass is 32.2. The van der Waals surface area contributed by atoms with Gasteiger partial charge in [0.25, 0.3) is 5.91 Å². The van der Waals surface area contributed by atoms with E-state index in [-0.39, 0.29) is 5.91 Å². The lowest BCUT2D eigenvalue weighted by molar-refractivity contribution is -0.126. The van der Waals surface area contributed by atoms with Crippen LogP contribution in [0.15, 0.2) is 23.2 Å². The fraction of sp³-hybridized carbons (Fsp3) is 0.333. The molecule has 1 aromatic carbocycles. The Balaban J connectivity index is 2.28. The molecular formula is C12H14N2O2S. The molecule has 0 aromatic heterocycles. The van der Waals surface area contributed by atoms with Crippen molar-refractivity contribution in [3.8, 4) is 0 Å². The molecule has 0 saturated carbocycles. The van der Waals surface area contributed by atoms with Gasteiger partial charge in [-0.2, -0.15) is 0 Å². The Labute approximate surface area is 104 Å². The van der Waals surface area contributed by atoms with Gasteiger partial charge in [-0.3, -0.25) is 4.79 Å². The van der Waals surface area contributed by atoms with Crippen LogP contribution in [0.2, 0.25) is 0 Å². The largest absolute Gasteiger partial charge is 0.382 e. The summed E-state index contributed by atoms with van der Waals surface area (Å²) in [6.07, 6.45) is -0.933. The first-order valence-electron chi connectivity index (χ1n) is 5.34. The first-order chi connectivity index (χ1) is 8.08. The highest BCUT2D eigenvalue weighted by molar-refractivity contribution is 8.14. The number of hydrogen-bond acceptors (Lipinski definition) is 4. The van der Waals surface area contributed by atoms with E-state index >= 15 is 0 Å². The SMILES string of the molecule is Cc1cccc(C)c1N=C1NC(=O)C(O)CS1. The first kappa shape index (κ1) is 12.1. The van der Waals surface area contributed by atoms with Crippen molar-refractivity contribution in [2.24, 2.45) is 4.99 Å². The number of hydrogen-bond donors (Lipinski definition) is 2. The average Bonchev–Trinajstić information content (AvgIpc) is 2.28. The lowest BCUT2D eigenvalue weighted by atomic mass is 10.1. The third-order valence-corrected chi connectivity index (χ3v) is 3.51. The molecule has 2 rings (SSSR count). The van der Waals surface area contributed by atoms with Crippen molar-refractivity contribution in [1.29, 1.82) is 0 Å². The molecule has 1 fully saturated rings. The van der Waals surface area contributed by atoms with Crippen molar-refractivity contribution in [3.63, 3.8) is 0 Å². The second-order valence-electron chi connectivity index (χ2n) is 3.97. The quantitative estimate of drug-likeness (QED) is 0.794. The van der Waals surface area contributed by atoms with Gasteiger partial charge in [0.05, 0.1) is 5.69 Å². The summed E-state index contributed by atoms with van der Waals surface area (Å²) in [4.78, 5) is 15.7. The standard InChI is InChI=1S/C12H14N2O2S/c1-7-4-3-5-8(2)10(7)13-12-14-11(16)9(15)6-17-12/h3-5,9,15H,6H2,1-2H3,(H,13,14,16). The van der Waals surface area contributed by atoms with Crippen LogP contribution >= 0.6 is 11.8 Å². The van der Waals surface area contributed by atoms with Crippen LogP contribution in [0.5, 0.6) is 0 Å². The van der Waals surface area contributed by atoms with Gasteiger partial charge in [0.15, 0.2) is 5.17 Å². The van der Waals surface area contributed by atoms with Crippen molar-refractivity contribution < 1.29 is 9.90 Å². The second-order valence-corrected chi connectivity index (χ2v) is 4.98. The van der Waals surface area contributed by atoms with E-state index in [2.05, 4.69) is 10.3 Å². The maximum atomic E-state index is 11.3. The van der Waals surface area contributed by atoms with Gasteiger partial charge in [0, 0.05) is 5.75 Å². The van der Waals surface area contributed by atoms with Crippen LogP contribution in [-0.2, 0) is 4.79 Å². The number of amidine groups is 1. The molecule has 2 N–H and O–H groups in total. The number of carbonyl (C=O) groups excluding carboxylic acids is 1. The van der Waals surface area contributed by atoms with E-state index in [4.69, 9.17) is 0 Å². The Morgan fingerprint density at radius 2 is 2.06 bits per heavy atom. The Kier molecular flexibility index (Phi) is 3.49. The van der Waals surface area contributed by atoms with E-state index in [1.165, 1.54) is 11.8 Å². The number of amides is 1. The van der Waals surface area contributed by atoms with Crippen molar-refractivity contribution in [2.45, 2.75) is 20.0 Å². The number of aliphatic hydroxyl groups excluding tert-OH is 1. The number of aliphatic imine (C=N–C) groups is 1. The van der Waals surface area contributed by atoms with Gasteiger partial charge in [-0.15, -0.1) is 0 Å². The summed E-state index contributed by atoms with van der Waals surface area (Å²) >= 11 is 1.36. The summed E-state index contributed by atoms with van der Waals surface area (Å²) in [6, 6.07) is 5.94. The summed E-state index contributed by atoms with van der Waals surface area (Å²) in [6.45, 7) is 3.97. The maximum Gasteiger partial charge on any atom is 0.255 e. The Morgan fingerprint density at radius 3 is 2.65 bits per heavy atom. The number of para-hydroxylation sites is 1. The molecule has 17 heavy (non-hydrogen) atoms. The maximum absolute atomic E-state index is 11.3. The molecular weight excluding hydrogens is 236 g/mol. The van der Waals surface area contributed by atoms with Crippen molar-refractivity contribution in [1.82, 2.24) is 5.32 Å². The third-order valence-electron chi connectivity index (χ3n) is 2.56. The number of rotatable bonds is 1. The average molecular weight is 250 g/mol. The highest BCUT2D eigenvalue weighted by Gasteiger charge is 2.23. The molecule has 1 aromatic rings. The predicted molar refractivity (Wildman–Crippen MR) is 69.6 cm³/mol. The summed E-state index contributed by atoms with van der Waals surface area (Å²) in [5, 5.41) is 12.4. The molecule has 1 aliphatic rings. The van der Waals surface area contributed by atoms with Crippen LogP contribution in [0.25, 0.3) is 0 Å². The number of aliphatic hydroxyl groups is 1. The summed E-state index contributed by atoms with van der Waals surface area (Å²) in [5.74, 6) is -0.0241. The van der Waals surface area contributed by atoms with E-state index in [1.807, 2.05) is 32.0 Å². The van der Waals surface area contributed by atoms with Crippen molar-refractivity contribution >= 4 is 28.5 Å². The lowest BCUT2D eigenvalue weighted by Gasteiger charge is -2.18. The fourth-order valence-electron chi connectivity index (χ4n) is 1.60. The predicted octanol–water partition coefficient (Wildman–Crippen LogP) is 1.51. The van der Waals surface area contributed by atoms with E-state index in [1.54, 1.807) is 0 Å². The number of benzene rings is 1. The van der Waals surface area contributed by atoms with Gasteiger partial charge < -0.3 is 10.4 Å². The smallest absolute Gasteiger partial charge is 0.255 e. The highest BCUT2D eigenvalue weighted by Crippen LogP contribution is 2.25. The van der Waals surface area contributed by atoms with Crippen LogP contribution in [0.3, 0.4) is 0 Å². The van der Waals surface area contributed by atoms with E-state index in [0.717, 1.165) is 16.8 Å². The minimum absolute atomic E-state index is 0.357. The fourth-order valence-corrected chi connectivity index (χ4v) is 2.40. The van der Waals surface area contributed by atoms with E-state index < -0.39 is 6.10 Å². The third kappa shape index (κ3) is 2.68. The minimum Gasteiger partial charge on any atom is -0.382 e. The van der Waals surface area contributed by atoms with Crippen LogP contribution in [-0.4, -0.2) is 28.0 Å². The summed E-state index contributed by atoms with van der Waals surface area (Å²) in [5.41, 5.74) is 3.02. The Morgan fingerprint density at radius 1 is 1.41 bits per heavy atom. The summed E-state index contributed by atoms with van der Waals surface area (Å²) in [7, 11) is 0. The molecule has 0 bridgehead atoms. The molecule has 5 heteroatoms. The Hall–Kier alpha value is -1.33. The molecule has 1 saturated heterocycles. The molecule has 1 aliphatic heterocycles. The Bertz CT molecular complexity index is 465. The van der Waals surface area contributed by atoms with Gasteiger partial charge >= 0.3 is 0 Å². The first-order valence-corrected chi connectivity index (χ1v) is 6.33. The van der Waals surface area contributed by atoms with Crippen molar-refractivity contribution in [2.75, 3.05) is 5.75 Å². The zero-order valence-corrected chi connectivity index (χ0v) is 10.5. The molecule has 0 radical (unpaired) electrons. The van der Waals surface area contributed by atoms with Gasteiger partial charge in [-0.05, 0) is 25.0 Å². The minimum atomic E-state index is -0.933.